The number of nitrogens with zero attached hydrogens (tertiary/aromatic N) is 6. The molecule has 9 heteroatoms. The number of rotatable bonds is 5. The number of fused-ring (bicyclic) bond motifs is 2. The van der Waals surface area contributed by atoms with Gasteiger partial charge in [0.2, 0.25) is 0 Å². The molecule has 0 bridgehead atoms. The Kier molecular flexibility index (Phi) is 5.53. The Labute approximate surface area is 193 Å². The maximum absolute atomic E-state index is 5.82. The quantitative estimate of drug-likeness (QED) is 0.605. The van der Waals surface area contributed by atoms with Gasteiger partial charge in [0, 0.05) is 70.0 Å². The third kappa shape index (κ3) is 4.23. The number of aromatic nitrogens is 4. The standard InChI is InChI=1S/C24H30N8O/c1-31-12-17-14-32(15-18(17)13-31)22-3-2-16(9-28-22)20-8-21-23(27-5-4-26-21)24(30-20)29-11-19-10-25-6-7-33-19/h2-5,8-9,17-19,25H,6-7,10-15H2,1H3,(H,29,30). The van der Waals surface area contributed by atoms with Crippen LogP contribution in [0, 0.1) is 11.8 Å². The van der Waals surface area contributed by atoms with E-state index in [1.165, 1.54) is 13.1 Å². The number of hydrogen-bond donors (Lipinski definition) is 2. The maximum Gasteiger partial charge on any atom is 0.154 e. The molecule has 0 saturated carbocycles. The van der Waals surface area contributed by atoms with E-state index in [-0.39, 0.29) is 6.10 Å². The normalized spacial score (nSPS) is 25.5. The van der Waals surface area contributed by atoms with Crippen LogP contribution in [0.25, 0.3) is 22.3 Å². The molecule has 172 valence electrons. The fourth-order valence-corrected chi connectivity index (χ4v) is 5.34. The molecule has 3 saturated heterocycles. The molecule has 3 aromatic rings. The van der Waals surface area contributed by atoms with Gasteiger partial charge in [0.15, 0.2) is 5.82 Å². The molecule has 0 aliphatic carbocycles. The molecular weight excluding hydrogens is 416 g/mol. The first kappa shape index (κ1) is 20.7. The summed E-state index contributed by atoms with van der Waals surface area (Å²) < 4.78 is 5.82. The van der Waals surface area contributed by atoms with Gasteiger partial charge in [-0.1, -0.05) is 0 Å². The molecule has 3 aromatic heterocycles. The molecule has 3 unspecified atom stereocenters. The summed E-state index contributed by atoms with van der Waals surface area (Å²) in [7, 11) is 2.22. The van der Waals surface area contributed by atoms with Crippen LogP contribution in [-0.4, -0.2) is 90.4 Å². The van der Waals surface area contributed by atoms with Gasteiger partial charge in [0.1, 0.15) is 11.3 Å². The summed E-state index contributed by atoms with van der Waals surface area (Å²) in [4.78, 5) is 23.6. The van der Waals surface area contributed by atoms with Crippen molar-refractivity contribution in [1.29, 1.82) is 0 Å². The van der Waals surface area contributed by atoms with E-state index in [2.05, 4.69) is 49.6 Å². The van der Waals surface area contributed by atoms with Crippen molar-refractivity contribution in [3.05, 3.63) is 36.8 Å². The molecule has 3 aliphatic rings. The monoisotopic (exact) mass is 446 g/mol. The maximum atomic E-state index is 5.82. The molecular formula is C24H30N8O. The third-order valence-electron chi connectivity index (χ3n) is 6.99. The zero-order chi connectivity index (χ0) is 22.2. The highest BCUT2D eigenvalue weighted by molar-refractivity contribution is 5.88. The number of anilines is 2. The minimum atomic E-state index is 0.108. The van der Waals surface area contributed by atoms with Crippen LogP contribution < -0.4 is 15.5 Å². The Hall–Kier alpha value is -2.88. The molecule has 0 amide bonds. The molecule has 0 radical (unpaired) electrons. The number of morpholine rings is 1. The first-order chi connectivity index (χ1) is 16.2. The number of hydrogen-bond acceptors (Lipinski definition) is 9. The first-order valence-corrected chi connectivity index (χ1v) is 11.8. The molecule has 0 aromatic carbocycles. The van der Waals surface area contributed by atoms with Crippen LogP contribution in [0.5, 0.6) is 0 Å². The van der Waals surface area contributed by atoms with Crippen molar-refractivity contribution >= 4 is 22.7 Å². The van der Waals surface area contributed by atoms with Gasteiger partial charge in [-0.25, -0.2) is 15.0 Å². The van der Waals surface area contributed by atoms with Crippen LogP contribution in [0.3, 0.4) is 0 Å². The Morgan fingerprint density at radius 3 is 2.70 bits per heavy atom. The summed E-state index contributed by atoms with van der Waals surface area (Å²) in [6.45, 7) is 7.70. The van der Waals surface area contributed by atoms with Crippen molar-refractivity contribution in [2.45, 2.75) is 6.10 Å². The number of nitrogens with one attached hydrogen (secondary N) is 2. The highest BCUT2D eigenvalue weighted by Gasteiger charge is 2.39. The van der Waals surface area contributed by atoms with Gasteiger partial charge in [-0.05, 0) is 37.1 Å². The summed E-state index contributed by atoms with van der Waals surface area (Å²) in [5.74, 6) is 3.30. The van der Waals surface area contributed by atoms with E-state index in [4.69, 9.17) is 14.7 Å². The van der Waals surface area contributed by atoms with Crippen LogP contribution in [0.1, 0.15) is 0 Å². The van der Waals surface area contributed by atoms with Gasteiger partial charge in [0.25, 0.3) is 0 Å². The van der Waals surface area contributed by atoms with Crippen molar-refractivity contribution in [2.75, 3.05) is 69.7 Å². The highest BCUT2D eigenvalue weighted by Crippen LogP contribution is 2.33. The fourth-order valence-electron chi connectivity index (χ4n) is 5.34. The molecule has 33 heavy (non-hydrogen) atoms. The number of likely N-dealkylation sites (tertiary alicyclic amines) is 1. The predicted octanol–water partition coefficient (Wildman–Crippen LogP) is 1.48. The summed E-state index contributed by atoms with van der Waals surface area (Å²) >= 11 is 0. The molecule has 0 spiro atoms. The molecule has 6 heterocycles. The Morgan fingerprint density at radius 2 is 1.94 bits per heavy atom. The summed E-state index contributed by atoms with van der Waals surface area (Å²) in [5, 5.41) is 6.80. The topological polar surface area (TPSA) is 91.3 Å². The van der Waals surface area contributed by atoms with Crippen LogP contribution in [0.2, 0.25) is 0 Å². The van der Waals surface area contributed by atoms with Crippen molar-refractivity contribution in [1.82, 2.24) is 30.2 Å². The average molecular weight is 447 g/mol. The predicted molar refractivity (Wildman–Crippen MR) is 128 cm³/mol. The SMILES string of the molecule is CN1CC2CN(c3ccc(-c4cc5nccnc5c(NCC5CNCCO5)n4)cn3)CC2C1. The fraction of sp³-hybridized carbons (Fsp3) is 0.500. The molecule has 3 fully saturated rings. The largest absolute Gasteiger partial charge is 0.374 e. The zero-order valence-electron chi connectivity index (χ0n) is 18.9. The van der Waals surface area contributed by atoms with Gasteiger partial charge in [-0.2, -0.15) is 0 Å². The van der Waals surface area contributed by atoms with E-state index in [9.17, 15) is 0 Å². The summed E-state index contributed by atoms with van der Waals surface area (Å²) in [5.41, 5.74) is 3.40. The van der Waals surface area contributed by atoms with E-state index < -0.39 is 0 Å². The Morgan fingerprint density at radius 1 is 1.09 bits per heavy atom. The second-order valence-corrected chi connectivity index (χ2v) is 9.41. The molecule has 2 N–H and O–H groups in total. The summed E-state index contributed by atoms with van der Waals surface area (Å²) in [6, 6.07) is 6.22. The van der Waals surface area contributed by atoms with Crippen LogP contribution in [-0.2, 0) is 4.74 Å². The average Bonchev–Trinajstić information content (AvgIpc) is 3.41. The first-order valence-electron chi connectivity index (χ1n) is 11.8. The van der Waals surface area contributed by atoms with Crippen molar-refractivity contribution in [2.24, 2.45) is 11.8 Å². The van der Waals surface area contributed by atoms with Crippen molar-refractivity contribution < 1.29 is 4.74 Å². The van der Waals surface area contributed by atoms with E-state index in [0.29, 0.717) is 6.54 Å². The lowest BCUT2D eigenvalue weighted by atomic mass is 10.0. The van der Waals surface area contributed by atoms with Crippen LogP contribution >= 0.6 is 0 Å². The van der Waals surface area contributed by atoms with Gasteiger partial charge in [0.05, 0.1) is 23.9 Å². The Bertz CT molecular complexity index is 1100. The van der Waals surface area contributed by atoms with Crippen molar-refractivity contribution in [3.63, 3.8) is 0 Å². The molecule has 3 aliphatic heterocycles. The summed E-state index contributed by atoms with van der Waals surface area (Å²) in [6.07, 6.45) is 5.45. The van der Waals surface area contributed by atoms with Gasteiger partial charge in [-0.3, -0.25) is 4.98 Å². The number of pyridine rings is 2. The van der Waals surface area contributed by atoms with Crippen molar-refractivity contribution in [3.8, 4) is 11.3 Å². The Balaban J connectivity index is 1.23. The smallest absolute Gasteiger partial charge is 0.154 e. The lowest BCUT2D eigenvalue weighted by molar-refractivity contribution is 0.0372. The third-order valence-corrected chi connectivity index (χ3v) is 6.99. The highest BCUT2D eigenvalue weighted by atomic mass is 16.5. The van der Waals surface area contributed by atoms with E-state index >= 15 is 0 Å². The van der Waals surface area contributed by atoms with Gasteiger partial charge < -0.3 is 25.2 Å². The van der Waals surface area contributed by atoms with Gasteiger partial charge >= 0.3 is 0 Å². The number of ether oxygens (including phenoxy) is 1. The van der Waals surface area contributed by atoms with E-state index in [1.807, 2.05) is 12.3 Å². The van der Waals surface area contributed by atoms with E-state index in [1.54, 1.807) is 12.4 Å². The minimum absolute atomic E-state index is 0.108. The molecule has 3 atom stereocenters. The van der Waals surface area contributed by atoms with Crippen LogP contribution in [0.4, 0.5) is 11.6 Å². The lowest BCUT2D eigenvalue weighted by Crippen LogP contribution is -2.42. The molecule has 9 nitrogen and oxygen atoms in total. The second kappa shape index (κ2) is 8.81. The van der Waals surface area contributed by atoms with Gasteiger partial charge in [-0.15, -0.1) is 0 Å². The minimum Gasteiger partial charge on any atom is -0.374 e. The van der Waals surface area contributed by atoms with E-state index in [0.717, 1.165) is 78.5 Å². The van der Waals surface area contributed by atoms with Crippen LogP contribution in [0.15, 0.2) is 36.8 Å². The lowest BCUT2D eigenvalue weighted by Gasteiger charge is -2.24. The zero-order valence-corrected chi connectivity index (χ0v) is 18.9. The second-order valence-electron chi connectivity index (χ2n) is 9.41. The molecule has 6 rings (SSSR count).